The topological polar surface area (TPSA) is 46.5 Å². The van der Waals surface area contributed by atoms with E-state index in [1.165, 1.54) is 38.5 Å². The third kappa shape index (κ3) is 5.05. The van der Waals surface area contributed by atoms with Gasteiger partial charge in [0.25, 0.3) is 0 Å². The second-order valence-electron chi connectivity index (χ2n) is 13.4. The Balaban J connectivity index is 1.46. The summed E-state index contributed by atoms with van der Waals surface area (Å²) >= 11 is 0. The Morgan fingerprint density at radius 1 is 1.11 bits per heavy atom. The van der Waals surface area contributed by atoms with E-state index >= 15 is 0 Å². The van der Waals surface area contributed by atoms with E-state index in [4.69, 9.17) is 9.84 Å². The van der Waals surface area contributed by atoms with Crippen LogP contribution >= 0.6 is 0 Å². The molecule has 4 rings (SSSR count). The van der Waals surface area contributed by atoms with E-state index in [1.54, 1.807) is 5.57 Å². The number of allylic oxidation sites excluding steroid dienone is 3. The predicted molar refractivity (Wildman–Crippen MR) is 144 cm³/mol. The van der Waals surface area contributed by atoms with Crippen molar-refractivity contribution in [3.8, 4) is 0 Å². The van der Waals surface area contributed by atoms with E-state index in [2.05, 4.69) is 59.8 Å². The van der Waals surface area contributed by atoms with E-state index in [-0.39, 0.29) is 30.5 Å². The number of esters is 1. The van der Waals surface area contributed by atoms with Crippen LogP contribution in [0.1, 0.15) is 106 Å². The predicted octanol–water partition coefficient (Wildman–Crippen LogP) is 7.73. The minimum atomic E-state index is -0.248. The Morgan fingerprint density at radius 3 is 2.57 bits per heavy atom. The number of aliphatic hydroxyl groups is 1. The number of carbonyl (C=O) groups is 1. The van der Waals surface area contributed by atoms with Gasteiger partial charge in [-0.3, -0.25) is 4.79 Å². The zero-order valence-electron chi connectivity index (χ0n) is 23.4. The fourth-order valence-electron chi connectivity index (χ4n) is 9.25. The van der Waals surface area contributed by atoms with Crippen molar-refractivity contribution in [1.82, 2.24) is 0 Å². The van der Waals surface area contributed by atoms with Gasteiger partial charge in [-0.05, 0) is 104 Å². The van der Waals surface area contributed by atoms with Gasteiger partial charge in [-0.15, -0.1) is 0 Å². The summed E-state index contributed by atoms with van der Waals surface area (Å²) in [7, 11) is 0. The summed E-state index contributed by atoms with van der Waals surface area (Å²) in [6.07, 6.45) is 18.8. The Labute approximate surface area is 215 Å². The molecule has 3 saturated carbocycles. The quantitative estimate of drug-likeness (QED) is 0.283. The van der Waals surface area contributed by atoms with Crippen LogP contribution in [0.15, 0.2) is 23.8 Å². The Morgan fingerprint density at radius 2 is 1.89 bits per heavy atom. The van der Waals surface area contributed by atoms with Crippen molar-refractivity contribution in [2.24, 2.45) is 52.3 Å². The van der Waals surface area contributed by atoms with Crippen molar-refractivity contribution in [2.45, 2.75) is 112 Å². The maximum absolute atomic E-state index is 12.0. The van der Waals surface area contributed by atoms with Gasteiger partial charge in [0.05, 0.1) is 13.0 Å². The van der Waals surface area contributed by atoms with Crippen LogP contribution in [0.25, 0.3) is 0 Å². The lowest BCUT2D eigenvalue weighted by molar-refractivity contribution is -0.152. The molecule has 4 aliphatic rings. The van der Waals surface area contributed by atoms with Crippen LogP contribution in [0.2, 0.25) is 0 Å². The normalized spacial score (nSPS) is 40.6. The molecule has 0 amide bonds. The number of rotatable bonds is 8. The third-order valence-electron chi connectivity index (χ3n) is 11.4. The van der Waals surface area contributed by atoms with Crippen LogP contribution in [-0.2, 0) is 9.53 Å². The number of hydrogen-bond donors (Lipinski definition) is 1. The molecule has 0 heterocycles. The first-order chi connectivity index (χ1) is 16.6. The molecule has 0 aromatic rings. The summed E-state index contributed by atoms with van der Waals surface area (Å²) < 4.78 is 5.70. The Kier molecular flexibility index (Phi) is 8.26. The molecule has 0 unspecified atom stereocenters. The van der Waals surface area contributed by atoms with E-state index < -0.39 is 0 Å². The molecule has 0 aromatic heterocycles. The smallest absolute Gasteiger partial charge is 0.308 e. The fraction of sp³-hybridized carbons (Fsp3) is 0.844. The first-order valence-corrected chi connectivity index (χ1v) is 14.8. The molecule has 198 valence electrons. The highest BCUT2D eigenvalue weighted by Crippen LogP contribution is 2.67. The monoisotopic (exact) mass is 484 g/mol. The molecule has 0 bridgehead atoms. The fourth-order valence-corrected chi connectivity index (χ4v) is 9.25. The van der Waals surface area contributed by atoms with Crippen molar-refractivity contribution in [2.75, 3.05) is 6.61 Å². The summed E-state index contributed by atoms with van der Waals surface area (Å²) in [6, 6.07) is 0. The zero-order chi connectivity index (χ0) is 25.4. The van der Waals surface area contributed by atoms with Gasteiger partial charge in [0.2, 0.25) is 0 Å². The van der Waals surface area contributed by atoms with E-state index in [0.29, 0.717) is 17.3 Å². The van der Waals surface area contributed by atoms with Gasteiger partial charge in [0, 0.05) is 6.42 Å². The molecule has 35 heavy (non-hydrogen) atoms. The molecule has 3 nitrogen and oxygen atoms in total. The number of fused-ring (bicyclic) bond motifs is 5. The molecule has 0 saturated heterocycles. The summed E-state index contributed by atoms with van der Waals surface area (Å²) in [6.45, 7) is 14.6. The standard InChI is InChI=1S/C32H52O3/c1-7-23(21(2)3)9-8-22(4)27-12-13-28-26-11-10-24-20-25(35-30(34)16-19-33)14-17-31(24,5)29(26)15-18-32(27,28)6/h8-10,21-23,25-29,33H,7,11-20H2,1-6H3/b9-8+/t22-,23-,25+,26+,27-,28+,29+,31+,32-/m1/s1. The summed E-state index contributed by atoms with van der Waals surface area (Å²) in [5.74, 6) is 5.12. The third-order valence-corrected chi connectivity index (χ3v) is 11.4. The van der Waals surface area contributed by atoms with E-state index in [9.17, 15) is 4.79 Å². The van der Waals surface area contributed by atoms with Crippen molar-refractivity contribution in [3.63, 3.8) is 0 Å². The molecule has 0 aliphatic heterocycles. The molecule has 3 fully saturated rings. The van der Waals surface area contributed by atoms with E-state index in [0.717, 1.165) is 48.9 Å². The van der Waals surface area contributed by atoms with Crippen molar-refractivity contribution in [3.05, 3.63) is 23.8 Å². The Hall–Kier alpha value is -1.09. The molecule has 1 N–H and O–H groups in total. The first-order valence-electron chi connectivity index (χ1n) is 14.8. The maximum atomic E-state index is 12.0. The molecule has 0 aromatic carbocycles. The lowest BCUT2D eigenvalue weighted by atomic mass is 9.47. The van der Waals surface area contributed by atoms with Crippen LogP contribution < -0.4 is 0 Å². The minimum Gasteiger partial charge on any atom is -0.462 e. The summed E-state index contributed by atoms with van der Waals surface area (Å²) in [5, 5.41) is 9.04. The van der Waals surface area contributed by atoms with Crippen molar-refractivity contribution >= 4 is 5.97 Å². The number of hydrogen-bond acceptors (Lipinski definition) is 3. The lowest BCUT2D eigenvalue weighted by Crippen LogP contribution is -2.51. The molecule has 0 radical (unpaired) electrons. The zero-order valence-corrected chi connectivity index (χ0v) is 23.4. The van der Waals surface area contributed by atoms with Gasteiger partial charge in [0.1, 0.15) is 6.10 Å². The van der Waals surface area contributed by atoms with Gasteiger partial charge in [-0.1, -0.05) is 65.3 Å². The molecule has 4 aliphatic carbocycles. The van der Waals surface area contributed by atoms with Gasteiger partial charge in [-0.25, -0.2) is 0 Å². The molecule has 9 atom stereocenters. The average Bonchev–Trinajstić information content (AvgIpc) is 3.17. The summed E-state index contributed by atoms with van der Waals surface area (Å²) in [5.41, 5.74) is 2.31. The largest absolute Gasteiger partial charge is 0.462 e. The molecule has 3 heteroatoms. The highest BCUT2D eigenvalue weighted by atomic mass is 16.5. The maximum Gasteiger partial charge on any atom is 0.308 e. The number of aliphatic hydroxyl groups excluding tert-OH is 1. The number of ether oxygens (including phenoxy) is 1. The van der Waals surface area contributed by atoms with E-state index in [1.807, 2.05) is 0 Å². The van der Waals surface area contributed by atoms with Gasteiger partial charge >= 0.3 is 5.97 Å². The van der Waals surface area contributed by atoms with Crippen LogP contribution in [0.4, 0.5) is 0 Å². The van der Waals surface area contributed by atoms with Crippen LogP contribution in [-0.4, -0.2) is 23.8 Å². The first kappa shape index (κ1) is 27.0. The Bertz CT molecular complexity index is 812. The summed E-state index contributed by atoms with van der Waals surface area (Å²) in [4.78, 5) is 12.0. The SMILES string of the molecule is CC[C@H](/C=C/[C@@H](C)[C@H]1CC[C@H]2[C@@H]3CC=C4C[C@@H](OC(=O)CCO)CC[C@]4(C)[C@H]3CC[C@]12C)C(C)C. The highest BCUT2D eigenvalue weighted by molar-refractivity contribution is 5.69. The average molecular weight is 485 g/mol. The lowest BCUT2D eigenvalue weighted by Gasteiger charge is -2.58. The second-order valence-corrected chi connectivity index (χ2v) is 13.4. The van der Waals surface area contributed by atoms with Crippen molar-refractivity contribution in [1.29, 1.82) is 0 Å². The number of carbonyl (C=O) groups excluding carboxylic acids is 1. The van der Waals surface area contributed by atoms with Crippen molar-refractivity contribution < 1.29 is 14.6 Å². The van der Waals surface area contributed by atoms with Gasteiger partial charge < -0.3 is 9.84 Å². The molecular formula is C32H52O3. The van der Waals surface area contributed by atoms with Gasteiger partial charge in [0.15, 0.2) is 0 Å². The highest BCUT2D eigenvalue weighted by Gasteiger charge is 2.59. The van der Waals surface area contributed by atoms with Crippen LogP contribution in [0.5, 0.6) is 0 Å². The van der Waals surface area contributed by atoms with Gasteiger partial charge in [-0.2, -0.15) is 0 Å². The molecular weight excluding hydrogens is 432 g/mol. The van der Waals surface area contributed by atoms with Crippen LogP contribution in [0, 0.1) is 52.3 Å². The van der Waals surface area contributed by atoms with Crippen LogP contribution in [0.3, 0.4) is 0 Å². The molecule has 0 spiro atoms. The minimum absolute atomic E-state index is 0.0000602. The second kappa shape index (κ2) is 10.7.